The van der Waals surface area contributed by atoms with E-state index in [1.165, 1.54) is 101 Å². The molecule has 4 heteroatoms. The Morgan fingerprint density at radius 3 is 1.48 bits per heavy atom. The standard InChI is InChI=1S/C38H50N4/c1-29(2)16-14-12-10-8-6-4-3-5-7-9-11-13-15-17-30-24-37-27-35-21-20-33(40-35)25-31-18-19-32(39-31)26-34-22-23-36(41-34)28-38(30)42-37/h18-29,39,42H,3-17H2,1-2H3. The third-order valence-electron chi connectivity index (χ3n) is 8.48. The Labute approximate surface area is 252 Å². The van der Waals surface area contributed by atoms with Gasteiger partial charge in [-0.25, -0.2) is 9.97 Å². The summed E-state index contributed by atoms with van der Waals surface area (Å²) in [7, 11) is 0. The average molecular weight is 563 g/mol. The monoisotopic (exact) mass is 562 g/mol. The maximum atomic E-state index is 4.85. The zero-order valence-electron chi connectivity index (χ0n) is 25.9. The van der Waals surface area contributed by atoms with Gasteiger partial charge >= 0.3 is 0 Å². The van der Waals surface area contributed by atoms with Gasteiger partial charge in [0.1, 0.15) is 0 Å². The van der Waals surface area contributed by atoms with Crippen molar-refractivity contribution in [1.29, 1.82) is 0 Å². The van der Waals surface area contributed by atoms with E-state index in [0.29, 0.717) is 0 Å². The maximum Gasteiger partial charge on any atom is 0.0658 e. The van der Waals surface area contributed by atoms with Crippen LogP contribution < -0.4 is 0 Å². The SMILES string of the molecule is CC(C)CCCCCCCCCCCCCCCc1cc2cc3nc(cc4ccc(cc5nc(cc1[nH]2)C=C5)[nH]4)C=C3. The molecule has 0 spiro atoms. The third kappa shape index (κ3) is 9.58. The molecule has 42 heavy (non-hydrogen) atoms. The molecular formula is C38H50N4. The highest BCUT2D eigenvalue weighted by atomic mass is 14.8. The van der Waals surface area contributed by atoms with E-state index in [2.05, 4.69) is 90.6 Å². The van der Waals surface area contributed by atoms with Crippen LogP contribution in [0.1, 0.15) is 132 Å². The molecule has 3 aromatic rings. The smallest absolute Gasteiger partial charge is 0.0658 e. The molecule has 0 saturated carbocycles. The second-order valence-corrected chi connectivity index (χ2v) is 12.7. The molecule has 222 valence electrons. The molecule has 0 radical (unpaired) electrons. The molecule has 0 saturated heterocycles. The lowest BCUT2D eigenvalue weighted by molar-refractivity contribution is 0.502. The zero-order valence-corrected chi connectivity index (χ0v) is 25.9. The number of nitrogens with one attached hydrogen (secondary N) is 2. The molecule has 2 N–H and O–H groups in total. The van der Waals surface area contributed by atoms with Crippen LogP contribution in [0.5, 0.6) is 0 Å². The highest BCUT2D eigenvalue weighted by Gasteiger charge is 2.06. The Bertz CT molecular complexity index is 1500. The minimum absolute atomic E-state index is 0.868. The minimum Gasteiger partial charge on any atom is -0.355 e. The van der Waals surface area contributed by atoms with E-state index in [-0.39, 0.29) is 0 Å². The molecule has 5 heterocycles. The van der Waals surface area contributed by atoms with Crippen LogP contribution in [-0.4, -0.2) is 19.9 Å². The predicted molar refractivity (Wildman–Crippen MR) is 182 cm³/mol. The molecule has 0 amide bonds. The fourth-order valence-corrected chi connectivity index (χ4v) is 6.10. The lowest BCUT2D eigenvalue weighted by Gasteiger charge is -2.05. The molecular weight excluding hydrogens is 512 g/mol. The van der Waals surface area contributed by atoms with E-state index < -0.39 is 0 Å². The molecule has 2 aliphatic rings. The molecule has 0 fully saturated rings. The molecule has 8 bridgehead atoms. The van der Waals surface area contributed by atoms with Crippen LogP contribution in [0.25, 0.3) is 46.4 Å². The van der Waals surface area contributed by atoms with Crippen molar-refractivity contribution < 1.29 is 0 Å². The van der Waals surface area contributed by atoms with Crippen LogP contribution in [0, 0.1) is 5.92 Å². The second kappa shape index (κ2) is 15.7. The Morgan fingerprint density at radius 2 is 0.952 bits per heavy atom. The van der Waals surface area contributed by atoms with Gasteiger partial charge in [0.05, 0.1) is 22.8 Å². The lowest BCUT2D eigenvalue weighted by atomic mass is 10.0. The summed E-state index contributed by atoms with van der Waals surface area (Å²) in [5, 5.41) is 0. The predicted octanol–water partition coefficient (Wildman–Crippen LogP) is 11.3. The Hall–Kier alpha value is -3.40. The lowest BCUT2D eigenvalue weighted by Crippen LogP contribution is -1.87. The van der Waals surface area contributed by atoms with Crippen LogP contribution in [0.4, 0.5) is 0 Å². The van der Waals surface area contributed by atoms with Gasteiger partial charge in [0.2, 0.25) is 0 Å². The number of aryl methyl sites for hydroxylation is 1. The number of hydrogen-bond acceptors (Lipinski definition) is 2. The summed E-state index contributed by atoms with van der Waals surface area (Å²) in [6, 6.07) is 15.0. The van der Waals surface area contributed by atoms with E-state index in [4.69, 9.17) is 9.97 Å². The van der Waals surface area contributed by atoms with Gasteiger partial charge in [-0.15, -0.1) is 0 Å². The first kappa shape index (κ1) is 30.1. The van der Waals surface area contributed by atoms with Gasteiger partial charge in [0.25, 0.3) is 0 Å². The highest BCUT2D eigenvalue weighted by Crippen LogP contribution is 2.22. The number of aromatic amines is 2. The Balaban J connectivity index is 1.11. The van der Waals surface area contributed by atoms with Crippen LogP contribution in [0.3, 0.4) is 0 Å². The summed E-state index contributed by atoms with van der Waals surface area (Å²) in [5.74, 6) is 0.868. The number of aromatic nitrogens is 4. The molecule has 3 aromatic heterocycles. The molecule has 0 aromatic carbocycles. The normalized spacial score (nSPS) is 12.5. The van der Waals surface area contributed by atoms with E-state index >= 15 is 0 Å². The molecule has 0 unspecified atom stereocenters. The van der Waals surface area contributed by atoms with Gasteiger partial charge in [0, 0.05) is 22.1 Å². The Kier molecular flexibility index (Phi) is 11.3. The van der Waals surface area contributed by atoms with Gasteiger partial charge in [0.15, 0.2) is 0 Å². The fourth-order valence-electron chi connectivity index (χ4n) is 6.10. The first-order valence-electron chi connectivity index (χ1n) is 16.7. The van der Waals surface area contributed by atoms with E-state index in [0.717, 1.165) is 51.7 Å². The van der Waals surface area contributed by atoms with E-state index in [1.807, 2.05) is 0 Å². The third-order valence-corrected chi connectivity index (χ3v) is 8.48. The molecule has 4 nitrogen and oxygen atoms in total. The number of unbranched alkanes of at least 4 members (excludes halogenated alkanes) is 12. The maximum absolute atomic E-state index is 4.85. The minimum atomic E-state index is 0.868. The molecule has 0 atom stereocenters. The van der Waals surface area contributed by atoms with Crippen molar-refractivity contribution in [3.63, 3.8) is 0 Å². The van der Waals surface area contributed by atoms with Crippen molar-refractivity contribution in [2.45, 2.75) is 110 Å². The van der Waals surface area contributed by atoms with Crippen LogP contribution in [0.15, 0.2) is 42.5 Å². The second-order valence-electron chi connectivity index (χ2n) is 12.7. The number of hydrogen-bond donors (Lipinski definition) is 2. The number of nitrogens with zero attached hydrogens (tertiary/aromatic N) is 2. The summed E-state index contributed by atoms with van der Waals surface area (Å²) in [4.78, 5) is 16.8. The Morgan fingerprint density at radius 1 is 0.500 bits per heavy atom. The molecule has 5 rings (SSSR count). The van der Waals surface area contributed by atoms with Gasteiger partial charge < -0.3 is 9.97 Å². The van der Waals surface area contributed by atoms with Gasteiger partial charge in [-0.2, -0.15) is 0 Å². The van der Waals surface area contributed by atoms with Crippen molar-refractivity contribution in [3.05, 3.63) is 70.8 Å². The molecule has 0 aliphatic carbocycles. The summed E-state index contributed by atoms with van der Waals surface area (Å²) in [6.45, 7) is 4.67. The largest absolute Gasteiger partial charge is 0.355 e. The quantitative estimate of drug-likeness (QED) is 0.117. The molecule has 2 aliphatic heterocycles. The van der Waals surface area contributed by atoms with Crippen LogP contribution >= 0.6 is 0 Å². The van der Waals surface area contributed by atoms with Crippen molar-refractivity contribution in [2.75, 3.05) is 0 Å². The summed E-state index contributed by atoms with van der Waals surface area (Å²) in [6.07, 6.45) is 28.9. The highest BCUT2D eigenvalue weighted by molar-refractivity contribution is 5.78. The average Bonchev–Trinajstić information content (AvgIpc) is 3.77. The van der Waals surface area contributed by atoms with Gasteiger partial charge in [-0.05, 0) is 91.1 Å². The number of rotatable bonds is 16. The number of H-pyrrole nitrogens is 2. The van der Waals surface area contributed by atoms with E-state index in [1.54, 1.807) is 0 Å². The number of fused-ring (bicyclic) bond motifs is 8. The first-order valence-corrected chi connectivity index (χ1v) is 16.7. The van der Waals surface area contributed by atoms with Gasteiger partial charge in [-0.1, -0.05) is 97.3 Å². The van der Waals surface area contributed by atoms with Crippen molar-refractivity contribution in [2.24, 2.45) is 5.92 Å². The summed E-state index contributed by atoms with van der Waals surface area (Å²) < 4.78 is 0. The van der Waals surface area contributed by atoms with Crippen molar-refractivity contribution in [3.8, 4) is 0 Å². The fraction of sp³-hybridized carbons (Fsp3) is 0.474. The summed E-state index contributed by atoms with van der Waals surface area (Å²) in [5.41, 5.74) is 9.61. The summed E-state index contributed by atoms with van der Waals surface area (Å²) >= 11 is 0. The van der Waals surface area contributed by atoms with Gasteiger partial charge in [-0.3, -0.25) is 0 Å². The van der Waals surface area contributed by atoms with Crippen LogP contribution in [0.2, 0.25) is 0 Å². The first-order chi connectivity index (χ1) is 20.6. The van der Waals surface area contributed by atoms with Crippen LogP contribution in [-0.2, 0) is 6.42 Å². The topological polar surface area (TPSA) is 57.4 Å². The van der Waals surface area contributed by atoms with Crippen molar-refractivity contribution >= 4 is 46.4 Å². The zero-order chi connectivity index (χ0) is 29.0. The van der Waals surface area contributed by atoms with E-state index in [9.17, 15) is 0 Å². The van der Waals surface area contributed by atoms with Crippen molar-refractivity contribution in [1.82, 2.24) is 19.9 Å².